The molecule has 0 saturated heterocycles. The van der Waals surface area contributed by atoms with Crippen molar-refractivity contribution in [3.05, 3.63) is 34.5 Å². The van der Waals surface area contributed by atoms with Crippen molar-refractivity contribution in [2.24, 2.45) is 5.41 Å². The van der Waals surface area contributed by atoms with Gasteiger partial charge in [-0.2, -0.15) is 18.4 Å². The number of nitrogens with one attached hydrogen (secondary N) is 2. The number of benzene rings is 1. The van der Waals surface area contributed by atoms with E-state index >= 15 is 0 Å². The molecule has 2 N–H and O–H groups in total. The van der Waals surface area contributed by atoms with Gasteiger partial charge in [0.2, 0.25) is 0 Å². The molecule has 1 atom stereocenters. The third kappa shape index (κ3) is 6.34. The highest BCUT2D eigenvalue weighted by molar-refractivity contribution is 7.94. The number of rotatable bonds is 6. The minimum Gasteiger partial charge on any atom is -0.497 e. The number of alkyl halides is 3. The lowest BCUT2D eigenvalue weighted by Gasteiger charge is -2.30. The van der Waals surface area contributed by atoms with Gasteiger partial charge in [0.15, 0.2) is 14.7 Å². The molecule has 0 aliphatic rings. The van der Waals surface area contributed by atoms with E-state index in [1.807, 2.05) is 20.8 Å². The van der Waals surface area contributed by atoms with Crippen molar-refractivity contribution in [1.29, 1.82) is 5.26 Å². The van der Waals surface area contributed by atoms with E-state index in [2.05, 4.69) is 10.6 Å². The number of allylic oxidation sites excluding steroid dienone is 1. The molecule has 1 rings (SSSR count). The molecule has 1 aromatic rings. The fraction of sp³-hybridized carbons (Fsp3) is 0.500. The summed E-state index contributed by atoms with van der Waals surface area (Å²) in [6.45, 7) is 7.44. The highest BCUT2D eigenvalue weighted by Gasteiger charge is 2.32. The van der Waals surface area contributed by atoms with Crippen LogP contribution in [0.4, 0.5) is 18.9 Å². The normalized spacial score (nSPS) is 14.6. The van der Waals surface area contributed by atoms with Gasteiger partial charge in [-0.1, -0.05) is 20.8 Å². The van der Waals surface area contributed by atoms with Crippen LogP contribution in [0.5, 0.6) is 5.75 Å². The van der Waals surface area contributed by atoms with Crippen molar-refractivity contribution >= 4 is 15.5 Å². The topological polar surface area (TPSA) is 91.2 Å². The van der Waals surface area contributed by atoms with E-state index in [1.54, 1.807) is 13.0 Å². The van der Waals surface area contributed by atoms with Crippen LogP contribution in [0.2, 0.25) is 0 Å². The van der Waals surface area contributed by atoms with Crippen LogP contribution < -0.4 is 15.4 Å². The lowest BCUT2D eigenvalue weighted by atomic mass is 9.88. The van der Waals surface area contributed by atoms with Crippen LogP contribution in [0.15, 0.2) is 28.9 Å². The summed E-state index contributed by atoms with van der Waals surface area (Å²) in [5, 5.41) is 14.9. The Hall–Kier alpha value is -2.41. The van der Waals surface area contributed by atoms with Crippen molar-refractivity contribution < 1.29 is 26.3 Å². The minimum absolute atomic E-state index is 0.0709. The quantitative estimate of drug-likeness (QED) is 0.680. The second-order valence-corrected chi connectivity index (χ2v) is 9.35. The Morgan fingerprint density at radius 1 is 1.21 bits per heavy atom. The summed E-state index contributed by atoms with van der Waals surface area (Å²) in [4.78, 5) is -0.611. The molecule has 1 aromatic carbocycles. The maximum Gasteiger partial charge on any atom is 0.416 e. The summed E-state index contributed by atoms with van der Waals surface area (Å²) in [7, 11) is -2.72. The summed E-state index contributed by atoms with van der Waals surface area (Å²) in [5.74, 6) is -0.271. The monoisotopic (exact) mass is 419 g/mol. The predicted octanol–water partition coefficient (Wildman–Crippen LogP) is 3.89. The molecule has 0 spiro atoms. The zero-order chi connectivity index (χ0) is 21.9. The molecule has 28 heavy (non-hydrogen) atoms. The van der Waals surface area contributed by atoms with Crippen LogP contribution in [-0.2, 0) is 16.0 Å². The van der Waals surface area contributed by atoms with Gasteiger partial charge in [-0.05, 0) is 24.5 Å². The number of anilines is 1. The number of nitriles is 1. The molecule has 0 saturated carbocycles. The first kappa shape index (κ1) is 23.6. The van der Waals surface area contributed by atoms with Crippen molar-refractivity contribution in [3.63, 3.8) is 0 Å². The number of methoxy groups -OCH3 is 1. The van der Waals surface area contributed by atoms with Crippen LogP contribution in [0.25, 0.3) is 0 Å². The first-order valence-electron chi connectivity index (χ1n) is 8.24. The first-order chi connectivity index (χ1) is 12.6. The number of hydrogen-bond donors (Lipinski definition) is 2. The Morgan fingerprint density at radius 2 is 1.79 bits per heavy atom. The molecule has 0 radical (unpaired) electrons. The predicted molar refractivity (Wildman–Crippen MR) is 101 cm³/mol. The van der Waals surface area contributed by atoms with Crippen molar-refractivity contribution in [2.45, 2.75) is 39.9 Å². The van der Waals surface area contributed by atoms with E-state index in [-0.39, 0.29) is 28.7 Å². The highest BCUT2D eigenvalue weighted by Crippen LogP contribution is 2.34. The van der Waals surface area contributed by atoms with Crippen LogP contribution >= 0.6 is 0 Å². The van der Waals surface area contributed by atoms with Crippen LogP contribution in [0.1, 0.15) is 33.3 Å². The number of hydrogen-bond acceptors (Lipinski definition) is 6. The summed E-state index contributed by atoms with van der Waals surface area (Å²) in [6, 6.07) is 4.20. The fourth-order valence-electron chi connectivity index (χ4n) is 2.01. The second kappa shape index (κ2) is 8.31. The van der Waals surface area contributed by atoms with E-state index in [9.17, 15) is 26.9 Å². The summed E-state index contributed by atoms with van der Waals surface area (Å²) < 4.78 is 68.3. The maximum absolute atomic E-state index is 13.1. The van der Waals surface area contributed by atoms with Gasteiger partial charge in [0.05, 0.1) is 12.7 Å². The Labute approximate surface area is 163 Å². The van der Waals surface area contributed by atoms with Crippen molar-refractivity contribution in [1.82, 2.24) is 5.32 Å². The van der Waals surface area contributed by atoms with E-state index in [1.165, 1.54) is 13.2 Å². The van der Waals surface area contributed by atoms with Crippen LogP contribution in [-0.4, -0.2) is 27.8 Å². The SMILES string of the molecule is COc1cc(NC(NC(C)C(C)(C)C)=C(C#N)S(C)(=O)=O)cc(C(F)(F)F)c1. The minimum atomic E-state index is -4.63. The van der Waals surface area contributed by atoms with E-state index in [0.29, 0.717) is 0 Å². The molecule has 0 fully saturated rings. The summed E-state index contributed by atoms with van der Waals surface area (Å²) in [6.07, 6.45) is -3.78. The molecule has 6 nitrogen and oxygen atoms in total. The third-order valence-electron chi connectivity index (χ3n) is 4.10. The van der Waals surface area contributed by atoms with E-state index in [0.717, 1.165) is 18.4 Å². The van der Waals surface area contributed by atoms with Gasteiger partial charge in [0.25, 0.3) is 0 Å². The maximum atomic E-state index is 13.1. The zero-order valence-corrected chi connectivity index (χ0v) is 17.3. The van der Waals surface area contributed by atoms with E-state index < -0.39 is 26.5 Å². The lowest BCUT2D eigenvalue weighted by Crippen LogP contribution is -2.40. The average Bonchev–Trinajstić information content (AvgIpc) is 2.51. The van der Waals surface area contributed by atoms with Gasteiger partial charge >= 0.3 is 6.18 Å². The molecule has 0 aromatic heterocycles. The van der Waals surface area contributed by atoms with Gasteiger partial charge in [0, 0.05) is 24.1 Å². The van der Waals surface area contributed by atoms with Crippen LogP contribution in [0, 0.1) is 16.7 Å². The van der Waals surface area contributed by atoms with Crippen molar-refractivity contribution in [2.75, 3.05) is 18.7 Å². The standard InChI is InChI=1S/C18H24F3N3O3S/c1-11(17(2,3)4)23-16(15(10-22)28(6,25)26)24-13-7-12(18(19,20)21)8-14(9-13)27-5/h7-9,11,23-24H,1-6H3. The molecule has 0 heterocycles. The van der Waals surface area contributed by atoms with Crippen molar-refractivity contribution in [3.8, 4) is 11.8 Å². The lowest BCUT2D eigenvalue weighted by molar-refractivity contribution is -0.137. The third-order valence-corrected chi connectivity index (χ3v) is 5.14. The van der Waals surface area contributed by atoms with Gasteiger partial charge < -0.3 is 15.4 Å². The van der Waals surface area contributed by atoms with Gasteiger partial charge in [-0.3, -0.25) is 0 Å². The Kier molecular flexibility index (Phi) is 7.01. The van der Waals surface area contributed by atoms with Crippen LogP contribution in [0.3, 0.4) is 0 Å². The summed E-state index contributed by atoms with van der Waals surface area (Å²) in [5.41, 5.74) is -1.38. The molecule has 10 heteroatoms. The zero-order valence-electron chi connectivity index (χ0n) is 16.5. The molecule has 156 valence electrons. The molecule has 0 bridgehead atoms. The van der Waals surface area contributed by atoms with Gasteiger partial charge in [-0.15, -0.1) is 0 Å². The molecule has 1 unspecified atom stereocenters. The first-order valence-corrected chi connectivity index (χ1v) is 10.1. The number of nitrogens with zero attached hydrogens (tertiary/aromatic N) is 1. The van der Waals surface area contributed by atoms with Gasteiger partial charge in [-0.25, -0.2) is 8.42 Å². The second-order valence-electron chi connectivity index (χ2n) is 7.39. The Morgan fingerprint density at radius 3 is 2.18 bits per heavy atom. The Bertz CT molecular complexity index is 895. The fourth-order valence-corrected chi connectivity index (χ4v) is 2.66. The smallest absolute Gasteiger partial charge is 0.416 e. The summed E-state index contributed by atoms with van der Waals surface area (Å²) >= 11 is 0. The molecule has 0 amide bonds. The molecular formula is C18H24F3N3O3S. The highest BCUT2D eigenvalue weighted by atomic mass is 32.2. The number of sulfone groups is 1. The largest absolute Gasteiger partial charge is 0.497 e. The number of halogens is 3. The van der Waals surface area contributed by atoms with Gasteiger partial charge in [0.1, 0.15) is 17.6 Å². The van der Waals surface area contributed by atoms with E-state index in [4.69, 9.17) is 4.74 Å². The average molecular weight is 419 g/mol. The number of ether oxygens (including phenoxy) is 1. The molecule has 0 aliphatic heterocycles. The molecular weight excluding hydrogens is 395 g/mol. The Balaban J connectivity index is 3.55. The molecule has 0 aliphatic carbocycles.